The minimum Gasteiger partial charge on any atom is -0.456 e. The molecule has 2 N–H and O–H groups in total. The van der Waals surface area contributed by atoms with Crippen molar-refractivity contribution in [2.45, 2.75) is 13.3 Å². The number of halogens is 1. The lowest BCUT2D eigenvalue weighted by Crippen LogP contribution is -2.02. The van der Waals surface area contributed by atoms with Gasteiger partial charge in [0.05, 0.1) is 4.47 Å². The molecule has 0 aromatic heterocycles. The highest BCUT2D eigenvalue weighted by Gasteiger charge is 2.04. The largest absolute Gasteiger partial charge is 0.456 e. The molecule has 3 heteroatoms. The highest BCUT2D eigenvalue weighted by atomic mass is 79.9. The van der Waals surface area contributed by atoms with Crippen LogP contribution in [0.4, 0.5) is 0 Å². The van der Waals surface area contributed by atoms with E-state index in [1.54, 1.807) is 0 Å². The Morgan fingerprint density at radius 2 is 1.83 bits per heavy atom. The topological polar surface area (TPSA) is 35.2 Å². The quantitative estimate of drug-likeness (QED) is 0.925. The zero-order valence-electron chi connectivity index (χ0n) is 10.3. The van der Waals surface area contributed by atoms with Crippen molar-refractivity contribution in [2.24, 2.45) is 5.73 Å². The van der Waals surface area contributed by atoms with E-state index < -0.39 is 0 Å². The highest BCUT2D eigenvalue weighted by molar-refractivity contribution is 9.10. The minimum atomic E-state index is 0.657. The summed E-state index contributed by atoms with van der Waals surface area (Å²) in [5.74, 6) is 1.66. The highest BCUT2D eigenvalue weighted by Crippen LogP contribution is 2.30. The van der Waals surface area contributed by atoms with Gasteiger partial charge in [-0.2, -0.15) is 0 Å². The predicted octanol–water partition coefficient (Wildman–Crippen LogP) is 4.05. The van der Waals surface area contributed by atoms with Gasteiger partial charge in [-0.1, -0.05) is 23.8 Å². The summed E-state index contributed by atoms with van der Waals surface area (Å²) in [5.41, 5.74) is 7.97. The molecule has 0 radical (unpaired) electrons. The number of ether oxygens (including phenoxy) is 1. The molecule has 2 nitrogen and oxygen atoms in total. The summed E-state index contributed by atoms with van der Waals surface area (Å²) in [6, 6.07) is 14.1. The minimum absolute atomic E-state index is 0.657. The first-order valence-electron chi connectivity index (χ1n) is 5.92. The van der Waals surface area contributed by atoms with E-state index in [1.807, 2.05) is 36.4 Å². The van der Waals surface area contributed by atoms with Gasteiger partial charge in [-0.05, 0) is 65.6 Å². The first-order chi connectivity index (χ1) is 8.69. The third-order valence-corrected chi connectivity index (χ3v) is 3.30. The molecule has 0 aliphatic rings. The summed E-state index contributed by atoms with van der Waals surface area (Å²) < 4.78 is 6.77. The Hall–Kier alpha value is -1.32. The number of hydrogen-bond donors (Lipinski definition) is 1. The van der Waals surface area contributed by atoms with E-state index in [9.17, 15) is 0 Å². The van der Waals surface area contributed by atoms with Gasteiger partial charge in [-0.3, -0.25) is 0 Å². The van der Waals surface area contributed by atoms with Crippen LogP contribution in [0.15, 0.2) is 46.9 Å². The number of nitrogens with two attached hydrogens (primary N) is 1. The second kappa shape index (κ2) is 6.03. The number of rotatable bonds is 4. The van der Waals surface area contributed by atoms with E-state index in [2.05, 4.69) is 28.9 Å². The van der Waals surface area contributed by atoms with Gasteiger partial charge in [-0.15, -0.1) is 0 Å². The average molecular weight is 306 g/mol. The molecule has 0 saturated carbocycles. The van der Waals surface area contributed by atoms with Crippen LogP contribution in [-0.4, -0.2) is 6.54 Å². The van der Waals surface area contributed by atoms with E-state index in [4.69, 9.17) is 10.5 Å². The van der Waals surface area contributed by atoms with Crippen molar-refractivity contribution in [3.8, 4) is 11.5 Å². The Morgan fingerprint density at radius 1 is 1.11 bits per heavy atom. The second-order valence-electron chi connectivity index (χ2n) is 4.22. The molecule has 0 heterocycles. The molecule has 94 valence electrons. The van der Waals surface area contributed by atoms with Gasteiger partial charge in [0.15, 0.2) is 0 Å². The maximum atomic E-state index is 5.82. The summed E-state index contributed by atoms with van der Waals surface area (Å²) in [7, 11) is 0. The fourth-order valence-corrected chi connectivity index (χ4v) is 2.19. The van der Waals surface area contributed by atoms with Crippen LogP contribution >= 0.6 is 15.9 Å². The molecule has 0 bridgehead atoms. The Labute approximate surface area is 116 Å². The number of benzene rings is 2. The summed E-state index contributed by atoms with van der Waals surface area (Å²) in [6.45, 7) is 2.71. The molecule has 0 fully saturated rings. The fourth-order valence-electron chi connectivity index (χ4n) is 1.68. The van der Waals surface area contributed by atoms with Gasteiger partial charge >= 0.3 is 0 Å². The lowest BCUT2D eigenvalue weighted by atomic mass is 10.1. The van der Waals surface area contributed by atoms with Gasteiger partial charge in [-0.25, -0.2) is 0 Å². The molecule has 0 amide bonds. The number of hydrogen-bond acceptors (Lipinski definition) is 2. The van der Waals surface area contributed by atoms with Crippen molar-refractivity contribution < 1.29 is 4.74 Å². The molecule has 0 unspecified atom stereocenters. The molecule has 0 aliphatic heterocycles. The van der Waals surface area contributed by atoms with E-state index in [-0.39, 0.29) is 0 Å². The summed E-state index contributed by atoms with van der Waals surface area (Å²) in [5, 5.41) is 0. The van der Waals surface area contributed by atoms with Crippen molar-refractivity contribution >= 4 is 15.9 Å². The molecular formula is C15H16BrNO. The molecule has 0 saturated heterocycles. The fraction of sp³-hybridized carbons (Fsp3) is 0.200. The van der Waals surface area contributed by atoms with Crippen LogP contribution in [0.25, 0.3) is 0 Å². The summed E-state index contributed by atoms with van der Waals surface area (Å²) in [6.07, 6.45) is 0.878. The van der Waals surface area contributed by atoms with Gasteiger partial charge in [0.2, 0.25) is 0 Å². The van der Waals surface area contributed by atoms with Gasteiger partial charge in [0.1, 0.15) is 11.5 Å². The normalized spacial score (nSPS) is 10.4. The number of aryl methyl sites for hydroxylation is 1. The maximum Gasteiger partial charge on any atom is 0.141 e. The zero-order chi connectivity index (χ0) is 13.0. The van der Waals surface area contributed by atoms with E-state index >= 15 is 0 Å². The maximum absolute atomic E-state index is 5.82. The van der Waals surface area contributed by atoms with Crippen LogP contribution in [0.3, 0.4) is 0 Å². The predicted molar refractivity (Wildman–Crippen MR) is 78.2 cm³/mol. The average Bonchev–Trinajstić information content (AvgIpc) is 2.36. The van der Waals surface area contributed by atoms with Crippen LogP contribution < -0.4 is 10.5 Å². The molecule has 2 rings (SSSR count). The van der Waals surface area contributed by atoms with Crippen molar-refractivity contribution in [3.63, 3.8) is 0 Å². The van der Waals surface area contributed by atoms with Gasteiger partial charge in [0.25, 0.3) is 0 Å². The third-order valence-electron chi connectivity index (χ3n) is 2.68. The third kappa shape index (κ3) is 3.34. The zero-order valence-corrected chi connectivity index (χ0v) is 11.9. The van der Waals surface area contributed by atoms with E-state index in [1.165, 1.54) is 11.1 Å². The van der Waals surface area contributed by atoms with Crippen molar-refractivity contribution in [3.05, 3.63) is 58.1 Å². The SMILES string of the molecule is Cc1ccc(Oc2ccc(CCN)cc2Br)cc1. The Bertz CT molecular complexity index is 523. The van der Waals surface area contributed by atoms with E-state index in [0.717, 1.165) is 22.4 Å². The van der Waals surface area contributed by atoms with Crippen LogP contribution in [-0.2, 0) is 6.42 Å². The molecule has 18 heavy (non-hydrogen) atoms. The molecule has 0 atom stereocenters. The van der Waals surface area contributed by atoms with Crippen LogP contribution in [0.1, 0.15) is 11.1 Å². The first-order valence-corrected chi connectivity index (χ1v) is 6.71. The summed E-state index contributed by atoms with van der Waals surface area (Å²) in [4.78, 5) is 0. The van der Waals surface area contributed by atoms with Crippen LogP contribution in [0, 0.1) is 6.92 Å². The first kappa shape index (κ1) is 13.1. The van der Waals surface area contributed by atoms with E-state index in [0.29, 0.717) is 6.54 Å². The Kier molecular flexibility index (Phi) is 4.39. The lowest BCUT2D eigenvalue weighted by Gasteiger charge is -2.09. The Morgan fingerprint density at radius 3 is 2.44 bits per heavy atom. The molecule has 0 spiro atoms. The monoisotopic (exact) mass is 305 g/mol. The molecular weight excluding hydrogens is 290 g/mol. The summed E-state index contributed by atoms with van der Waals surface area (Å²) >= 11 is 3.52. The van der Waals surface area contributed by atoms with Crippen LogP contribution in [0.2, 0.25) is 0 Å². The van der Waals surface area contributed by atoms with Crippen LogP contribution in [0.5, 0.6) is 11.5 Å². The molecule has 0 aliphatic carbocycles. The van der Waals surface area contributed by atoms with Crippen molar-refractivity contribution in [1.82, 2.24) is 0 Å². The van der Waals surface area contributed by atoms with Crippen molar-refractivity contribution in [2.75, 3.05) is 6.54 Å². The molecule has 2 aromatic carbocycles. The van der Waals surface area contributed by atoms with Crippen molar-refractivity contribution in [1.29, 1.82) is 0 Å². The second-order valence-corrected chi connectivity index (χ2v) is 5.07. The standard InChI is InChI=1S/C15H16BrNO/c1-11-2-5-13(6-3-11)18-15-7-4-12(8-9-17)10-14(15)16/h2-7,10H,8-9,17H2,1H3. The van der Waals surface area contributed by atoms with Gasteiger partial charge < -0.3 is 10.5 Å². The van der Waals surface area contributed by atoms with Gasteiger partial charge in [0, 0.05) is 0 Å². The smallest absolute Gasteiger partial charge is 0.141 e. The molecule has 2 aromatic rings. The Balaban J connectivity index is 2.16. The lowest BCUT2D eigenvalue weighted by molar-refractivity contribution is 0.479.